The molecule has 4 heterocycles. The molecule has 1 saturated carbocycles. The fraction of sp³-hybridized carbons (Fsp3) is 0.478. The number of hydrazone groups is 1. The fourth-order valence-corrected chi connectivity index (χ4v) is 4.07. The first-order valence-corrected chi connectivity index (χ1v) is 10.8. The molecule has 1 aromatic heterocycles. The van der Waals surface area contributed by atoms with Gasteiger partial charge < -0.3 is 14.4 Å². The molecule has 2 atom stereocenters. The Morgan fingerprint density at radius 1 is 1.39 bits per heavy atom. The van der Waals surface area contributed by atoms with E-state index in [0.29, 0.717) is 6.42 Å². The maximum absolute atomic E-state index is 5.98. The molecule has 162 valence electrons. The van der Waals surface area contributed by atoms with Crippen molar-refractivity contribution in [3.8, 4) is 0 Å². The number of piperidine rings is 1. The van der Waals surface area contributed by atoms with Crippen molar-refractivity contribution in [3.63, 3.8) is 0 Å². The topological polar surface area (TPSA) is 84.2 Å². The summed E-state index contributed by atoms with van der Waals surface area (Å²) in [6, 6.07) is 2.19. The van der Waals surface area contributed by atoms with Gasteiger partial charge in [-0.2, -0.15) is 5.10 Å². The van der Waals surface area contributed by atoms with Crippen molar-refractivity contribution in [2.24, 2.45) is 10.1 Å². The van der Waals surface area contributed by atoms with E-state index in [1.54, 1.807) is 12.4 Å². The Balaban J connectivity index is 1.25. The molecule has 1 aliphatic carbocycles. The van der Waals surface area contributed by atoms with E-state index >= 15 is 0 Å². The second-order valence-electron chi connectivity index (χ2n) is 8.73. The Kier molecular flexibility index (Phi) is 5.00. The van der Waals surface area contributed by atoms with Gasteiger partial charge in [0.15, 0.2) is 5.90 Å². The molecular formula is C23H28N6O2. The van der Waals surface area contributed by atoms with E-state index in [9.17, 15) is 0 Å². The van der Waals surface area contributed by atoms with Crippen LogP contribution in [0.2, 0.25) is 0 Å². The van der Waals surface area contributed by atoms with Gasteiger partial charge in [-0.25, -0.2) is 15.0 Å². The summed E-state index contributed by atoms with van der Waals surface area (Å²) in [6.45, 7) is 9.59. The summed E-state index contributed by atoms with van der Waals surface area (Å²) in [5, 5.41) is 4.48. The maximum Gasteiger partial charge on any atom is 0.180 e. The van der Waals surface area contributed by atoms with Crippen LogP contribution in [0.15, 0.2) is 58.8 Å². The van der Waals surface area contributed by atoms with Gasteiger partial charge in [-0.05, 0) is 38.0 Å². The number of allylic oxidation sites excluding steroid dienone is 4. The van der Waals surface area contributed by atoms with Gasteiger partial charge in [0.25, 0.3) is 0 Å². The van der Waals surface area contributed by atoms with E-state index < -0.39 is 0 Å². The third kappa shape index (κ3) is 4.33. The number of nitrogens with zero attached hydrogens (tertiary/aromatic N) is 5. The Morgan fingerprint density at radius 3 is 3.06 bits per heavy atom. The molecule has 1 unspecified atom stereocenters. The molecule has 0 spiro atoms. The average Bonchev–Trinajstić information content (AvgIpc) is 3.16. The number of rotatable bonds is 6. The van der Waals surface area contributed by atoms with Gasteiger partial charge >= 0.3 is 0 Å². The zero-order valence-corrected chi connectivity index (χ0v) is 18.0. The largest absolute Gasteiger partial charge is 0.488 e. The molecule has 8 nitrogen and oxygen atoms in total. The van der Waals surface area contributed by atoms with Gasteiger partial charge in [-0.15, -0.1) is 0 Å². The summed E-state index contributed by atoms with van der Waals surface area (Å²) in [7, 11) is 0. The minimum absolute atomic E-state index is 0.0241. The van der Waals surface area contributed by atoms with Crippen LogP contribution in [-0.4, -0.2) is 52.4 Å². The van der Waals surface area contributed by atoms with Gasteiger partial charge in [0.1, 0.15) is 35.7 Å². The number of ether oxygens (including phenoxy) is 2. The normalized spacial score (nSPS) is 27.7. The molecule has 8 heteroatoms. The highest BCUT2D eigenvalue weighted by atomic mass is 16.5. The zero-order valence-electron chi connectivity index (χ0n) is 18.0. The molecular weight excluding hydrogens is 392 g/mol. The Morgan fingerprint density at radius 2 is 2.26 bits per heavy atom. The SMILES string of the molecule is C=C/C(=C\C=C1/CC(c2cc(N3CCC4OC(C)=N[C@H]4C3)ncn2)=NN1)OC1(C)CC1. The Labute approximate surface area is 182 Å². The summed E-state index contributed by atoms with van der Waals surface area (Å²) in [5.74, 6) is 2.48. The lowest BCUT2D eigenvalue weighted by molar-refractivity contribution is 0.120. The van der Waals surface area contributed by atoms with E-state index in [1.807, 2.05) is 25.1 Å². The van der Waals surface area contributed by atoms with Crippen LogP contribution in [0, 0.1) is 0 Å². The molecule has 3 aliphatic heterocycles. The van der Waals surface area contributed by atoms with Gasteiger partial charge in [-0.3, -0.25) is 5.43 Å². The van der Waals surface area contributed by atoms with E-state index in [4.69, 9.17) is 9.47 Å². The molecule has 0 amide bonds. The molecule has 0 radical (unpaired) electrons. The number of anilines is 1. The maximum atomic E-state index is 5.98. The van der Waals surface area contributed by atoms with Crippen molar-refractivity contribution in [1.29, 1.82) is 0 Å². The first-order chi connectivity index (χ1) is 15.0. The van der Waals surface area contributed by atoms with Crippen LogP contribution in [0.25, 0.3) is 0 Å². The van der Waals surface area contributed by atoms with Crippen LogP contribution in [0.1, 0.15) is 45.2 Å². The first-order valence-electron chi connectivity index (χ1n) is 10.8. The van der Waals surface area contributed by atoms with E-state index in [2.05, 4.69) is 43.9 Å². The Bertz CT molecular complexity index is 1010. The molecule has 2 fully saturated rings. The minimum atomic E-state index is -0.0241. The first kappa shape index (κ1) is 19.8. The predicted octanol–water partition coefficient (Wildman–Crippen LogP) is 3.09. The van der Waals surface area contributed by atoms with Crippen molar-refractivity contribution in [3.05, 3.63) is 54.4 Å². The molecule has 4 aliphatic rings. The lowest BCUT2D eigenvalue weighted by Crippen LogP contribution is -2.45. The van der Waals surface area contributed by atoms with Gasteiger partial charge in [0, 0.05) is 44.6 Å². The van der Waals surface area contributed by atoms with E-state index in [-0.39, 0.29) is 17.7 Å². The quantitative estimate of drug-likeness (QED) is 0.562. The highest BCUT2D eigenvalue weighted by Gasteiger charge is 2.40. The highest BCUT2D eigenvalue weighted by molar-refractivity contribution is 6.01. The smallest absolute Gasteiger partial charge is 0.180 e. The third-order valence-corrected chi connectivity index (χ3v) is 6.12. The third-order valence-electron chi connectivity index (χ3n) is 6.12. The van der Waals surface area contributed by atoms with Crippen molar-refractivity contribution < 1.29 is 9.47 Å². The summed E-state index contributed by atoms with van der Waals surface area (Å²) < 4.78 is 11.8. The molecule has 1 saturated heterocycles. The Hall–Kier alpha value is -3.16. The monoisotopic (exact) mass is 420 g/mol. The number of hydrogen-bond donors (Lipinski definition) is 1. The number of aromatic nitrogens is 2. The molecule has 0 aromatic carbocycles. The van der Waals surface area contributed by atoms with Crippen LogP contribution in [0.5, 0.6) is 0 Å². The van der Waals surface area contributed by atoms with Crippen molar-refractivity contribution in [2.75, 3.05) is 18.0 Å². The summed E-state index contributed by atoms with van der Waals surface area (Å²) >= 11 is 0. The van der Waals surface area contributed by atoms with E-state index in [1.165, 1.54) is 0 Å². The van der Waals surface area contributed by atoms with Crippen LogP contribution < -0.4 is 10.3 Å². The van der Waals surface area contributed by atoms with Crippen LogP contribution in [0.4, 0.5) is 5.82 Å². The van der Waals surface area contributed by atoms with Gasteiger partial charge in [0.05, 0.1) is 11.4 Å². The average molecular weight is 421 g/mol. The molecule has 31 heavy (non-hydrogen) atoms. The van der Waals surface area contributed by atoms with Crippen molar-refractivity contribution >= 4 is 17.4 Å². The van der Waals surface area contributed by atoms with Crippen molar-refractivity contribution in [2.45, 2.75) is 57.3 Å². The fourth-order valence-electron chi connectivity index (χ4n) is 4.07. The number of fused-ring (bicyclic) bond motifs is 1. The number of hydrogen-bond acceptors (Lipinski definition) is 8. The van der Waals surface area contributed by atoms with Gasteiger partial charge in [0.2, 0.25) is 0 Å². The van der Waals surface area contributed by atoms with Crippen molar-refractivity contribution in [1.82, 2.24) is 15.4 Å². The van der Waals surface area contributed by atoms with Crippen LogP contribution >= 0.6 is 0 Å². The second-order valence-corrected chi connectivity index (χ2v) is 8.73. The number of nitrogens with one attached hydrogen (secondary N) is 1. The summed E-state index contributed by atoms with van der Waals surface area (Å²) in [6.07, 6.45) is 11.3. The summed E-state index contributed by atoms with van der Waals surface area (Å²) in [5.41, 5.74) is 5.80. The molecule has 1 N–H and O–H groups in total. The van der Waals surface area contributed by atoms with Crippen LogP contribution in [-0.2, 0) is 9.47 Å². The molecule has 5 rings (SSSR count). The zero-order chi connectivity index (χ0) is 21.4. The summed E-state index contributed by atoms with van der Waals surface area (Å²) in [4.78, 5) is 15.8. The lowest BCUT2D eigenvalue weighted by atomic mass is 10.0. The van der Waals surface area contributed by atoms with E-state index in [0.717, 1.165) is 66.9 Å². The standard InChI is InChI=1S/C23H28N6O2/c1-4-17(31-23(3)8-9-23)6-5-16-11-19(28-27-16)18-12-22(25-14-24-18)29-10-7-21-20(13-29)26-15(2)30-21/h4-6,12,14,20-21,27H,1,7-11,13H2,2-3H3/b16-5+,17-6+/t20-,21?/m0/s1. The minimum Gasteiger partial charge on any atom is -0.488 e. The second kappa shape index (κ2) is 7.83. The van der Waals surface area contributed by atoms with Gasteiger partial charge in [-0.1, -0.05) is 6.58 Å². The van der Waals surface area contributed by atoms with Crippen LogP contribution in [0.3, 0.4) is 0 Å². The number of aliphatic imine (C=N–C) groups is 1. The lowest BCUT2D eigenvalue weighted by Gasteiger charge is -2.33. The molecule has 1 aromatic rings. The highest BCUT2D eigenvalue weighted by Crippen LogP contribution is 2.40. The predicted molar refractivity (Wildman–Crippen MR) is 120 cm³/mol. The molecule has 0 bridgehead atoms.